The minimum absolute atomic E-state index is 0.120. The molecule has 0 radical (unpaired) electrons. The molecule has 0 bridgehead atoms. The van der Waals surface area contributed by atoms with Crippen molar-refractivity contribution in [2.45, 2.75) is 58.7 Å². The fourth-order valence-corrected chi connectivity index (χ4v) is 2.47. The zero-order valence-electron chi connectivity index (χ0n) is 13.5. The molecule has 0 N–H and O–H groups in total. The van der Waals surface area contributed by atoms with Crippen LogP contribution >= 0.6 is 0 Å². The molecule has 0 spiro atoms. The van der Waals surface area contributed by atoms with E-state index in [1.54, 1.807) is 4.68 Å². The van der Waals surface area contributed by atoms with Gasteiger partial charge in [-0.25, -0.2) is 14.1 Å². The molecule has 0 saturated carbocycles. The van der Waals surface area contributed by atoms with Gasteiger partial charge in [-0.2, -0.15) is 5.10 Å². The van der Waals surface area contributed by atoms with Gasteiger partial charge in [0.1, 0.15) is 18.0 Å². The van der Waals surface area contributed by atoms with E-state index in [1.165, 1.54) is 0 Å². The van der Waals surface area contributed by atoms with Crippen molar-refractivity contribution >= 4 is 0 Å². The van der Waals surface area contributed by atoms with Crippen molar-refractivity contribution in [2.24, 2.45) is 0 Å². The summed E-state index contributed by atoms with van der Waals surface area (Å²) in [5, 5.41) is 4.56. The Kier molecular flexibility index (Phi) is 4.45. The van der Waals surface area contributed by atoms with E-state index in [9.17, 15) is 4.39 Å². The molecule has 1 aromatic rings. The summed E-state index contributed by atoms with van der Waals surface area (Å²) >= 11 is 0. The maximum atomic E-state index is 14.4. The molecule has 1 aliphatic rings. The van der Waals surface area contributed by atoms with E-state index in [-0.39, 0.29) is 11.5 Å². The predicted octanol–water partition coefficient (Wildman–Crippen LogP) is 4.09. The van der Waals surface area contributed by atoms with E-state index in [0.717, 1.165) is 17.2 Å². The summed E-state index contributed by atoms with van der Waals surface area (Å²) in [7, 11) is 0. The van der Waals surface area contributed by atoms with Crippen LogP contribution in [0.25, 0.3) is 0 Å². The molecule has 4 heteroatoms. The number of halogens is 1. The van der Waals surface area contributed by atoms with Crippen LogP contribution in [0, 0.1) is 0 Å². The number of hydrogen-bond donors (Lipinski definition) is 0. The molecular weight excluding hydrogens is 265 g/mol. The third-order valence-electron chi connectivity index (χ3n) is 3.62. The summed E-state index contributed by atoms with van der Waals surface area (Å²) in [5.41, 5.74) is 0.814. The van der Waals surface area contributed by atoms with Gasteiger partial charge in [-0.15, -0.1) is 0 Å². The number of hydrogen-bond acceptors (Lipinski definition) is 2. The Morgan fingerprint density at radius 1 is 1.29 bits per heavy atom. The van der Waals surface area contributed by atoms with E-state index in [4.69, 9.17) is 0 Å². The highest BCUT2D eigenvalue weighted by Gasteiger charge is 2.38. The maximum absolute atomic E-state index is 14.4. The Labute approximate surface area is 126 Å². The molecule has 3 nitrogen and oxygen atoms in total. The highest BCUT2D eigenvalue weighted by molar-refractivity contribution is 5.30. The molecule has 2 atom stereocenters. The molecule has 1 aromatic heterocycles. The average Bonchev–Trinajstić information content (AvgIpc) is 2.92. The van der Waals surface area contributed by atoms with Gasteiger partial charge in [-0.3, -0.25) is 0 Å². The quantitative estimate of drug-likeness (QED) is 0.785. The molecule has 0 saturated heterocycles. The van der Waals surface area contributed by atoms with Crippen molar-refractivity contribution in [2.75, 3.05) is 0 Å². The zero-order chi connectivity index (χ0) is 15.6. The third-order valence-corrected chi connectivity index (χ3v) is 3.62. The van der Waals surface area contributed by atoms with Gasteiger partial charge in [0.25, 0.3) is 0 Å². The zero-order valence-corrected chi connectivity index (χ0v) is 13.5. The molecular formula is C17H24FN3. The number of allylic oxidation sites excluding steroid dienone is 6. The van der Waals surface area contributed by atoms with Crippen LogP contribution in [0.4, 0.5) is 4.39 Å². The maximum Gasteiger partial charge on any atom is 0.156 e. The number of aromatic nitrogens is 3. The summed E-state index contributed by atoms with van der Waals surface area (Å²) in [6.45, 7) is 10.1. The van der Waals surface area contributed by atoms with Crippen LogP contribution in [-0.4, -0.2) is 20.9 Å². The molecule has 2 unspecified atom stereocenters. The van der Waals surface area contributed by atoms with Gasteiger partial charge >= 0.3 is 0 Å². The second kappa shape index (κ2) is 5.96. The highest BCUT2D eigenvalue weighted by atomic mass is 19.1. The molecule has 1 aliphatic heterocycles. The standard InChI is InChI=1S/C17H24FN3/c1-6-8-9-10-12(7-2)15-13(18)11-14-19-16(17(3,4)5)20-21(14)15/h6-10,13,15H,11H2,1-5H3/b8-6-,10-9-,12-7+. The van der Waals surface area contributed by atoms with Gasteiger partial charge in [0.2, 0.25) is 0 Å². The first-order valence-electron chi connectivity index (χ1n) is 7.44. The number of alkyl halides is 1. The first-order chi connectivity index (χ1) is 9.88. The van der Waals surface area contributed by atoms with Crippen LogP contribution in [0.1, 0.15) is 52.3 Å². The van der Waals surface area contributed by atoms with Gasteiger partial charge < -0.3 is 0 Å². The fraction of sp³-hybridized carbons (Fsp3) is 0.529. The Hall–Kier alpha value is -1.71. The average molecular weight is 289 g/mol. The topological polar surface area (TPSA) is 30.7 Å². The van der Waals surface area contributed by atoms with Crippen molar-refractivity contribution in [3.8, 4) is 0 Å². The lowest BCUT2D eigenvalue weighted by atomic mass is 9.96. The lowest BCUT2D eigenvalue weighted by Crippen LogP contribution is -2.20. The van der Waals surface area contributed by atoms with Crippen LogP contribution < -0.4 is 0 Å². The van der Waals surface area contributed by atoms with Gasteiger partial charge in [0.05, 0.1) is 0 Å². The molecule has 0 aromatic carbocycles. The molecule has 0 fully saturated rings. The normalized spacial score (nSPS) is 23.4. The summed E-state index contributed by atoms with van der Waals surface area (Å²) in [6, 6.07) is -0.366. The third kappa shape index (κ3) is 3.14. The predicted molar refractivity (Wildman–Crippen MR) is 84.1 cm³/mol. The van der Waals surface area contributed by atoms with E-state index < -0.39 is 6.17 Å². The molecule has 0 amide bonds. The SMILES string of the molecule is C\C=C/C=C\C(=C/C)C1C(F)Cc2nc(C(C)(C)C)nn21. The second-order valence-electron chi connectivity index (χ2n) is 6.38. The summed E-state index contributed by atoms with van der Waals surface area (Å²) in [5.74, 6) is 1.53. The fourth-order valence-electron chi connectivity index (χ4n) is 2.47. The Bertz CT molecular complexity index is 588. The molecule has 2 rings (SSSR count). The van der Waals surface area contributed by atoms with Gasteiger partial charge in [0, 0.05) is 11.8 Å². The summed E-state index contributed by atoms with van der Waals surface area (Å²) < 4.78 is 16.2. The van der Waals surface area contributed by atoms with Crippen molar-refractivity contribution in [3.05, 3.63) is 47.6 Å². The van der Waals surface area contributed by atoms with Crippen LogP contribution in [0.5, 0.6) is 0 Å². The van der Waals surface area contributed by atoms with E-state index >= 15 is 0 Å². The summed E-state index contributed by atoms with van der Waals surface area (Å²) in [4.78, 5) is 4.52. The van der Waals surface area contributed by atoms with Crippen molar-refractivity contribution in [3.63, 3.8) is 0 Å². The molecule has 114 valence electrons. The van der Waals surface area contributed by atoms with Gasteiger partial charge in [0.15, 0.2) is 5.82 Å². The van der Waals surface area contributed by atoms with E-state index in [1.807, 2.05) is 44.2 Å². The molecule has 21 heavy (non-hydrogen) atoms. The summed E-state index contributed by atoms with van der Waals surface area (Å²) in [6.07, 6.45) is 9.09. The smallest absolute Gasteiger partial charge is 0.156 e. The number of nitrogens with zero attached hydrogens (tertiary/aromatic N) is 3. The molecule has 2 heterocycles. The van der Waals surface area contributed by atoms with E-state index in [2.05, 4.69) is 30.9 Å². The van der Waals surface area contributed by atoms with Crippen molar-refractivity contribution in [1.29, 1.82) is 0 Å². The minimum Gasteiger partial charge on any atom is -0.244 e. The highest BCUT2D eigenvalue weighted by Crippen LogP contribution is 2.35. The Morgan fingerprint density at radius 3 is 2.57 bits per heavy atom. The van der Waals surface area contributed by atoms with Crippen molar-refractivity contribution in [1.82, 2.24) is 14.8 Å². The Morgan fingerprint density at radius 2 is 2.00 bits per heavy atom. The Balaban J connectivity index is 2.36. The van der Waals surface area contributed by atoms with Crippen LogP contribution in [0.15, 0.2) is 36.0 Å². The van der Waals surface area contributed by atoms with Gasteiger partial charge in [-0.05, 0) is 19.4 Å². The van der Waals surface area contributed by atoms with Crippen LogP contribution in [0.2, 0.25) is 0 Å². The number of rotatable bonds is 3. The number of fused-ring (bicyclic) bond motifs is 1. The van der Waals surface area contributed by atoms with E-state index in [0.29, 0.717) is 6.42 Å². The van der Waals surface area contributed by atoms with Gasteiger partial charge in [-0.1, -0.05) is 51.2 Å². The minimum atomic E-state index is -0.963. The first kappa shape index (κ1) is 15.7. The monoisotopic (exact) mass is 289 g/mol. The molecule has 0 aliphatic carbocycles. The van der Waals surface area contributed by atoms with Crippen molar-refractivity contribution < 1.29 is 4.39 Å². The largest absolute Gasteiger partial charge is 0.244 e. The second-order valence-corrected chi connectivity index (χ2v) is 6.38. The van der Waals surface area contributed by atoms with Crippen LogP contribution in [0.3, 0.4) is 0 Å². The first-order valence-corrected chi connectivity index (χ1v) is 7.44. The lowest BCUT2D eigenvalue weighted by Gasteiger charge is -2.17. The lowest BCUT2D eigenvalue weighted by molar-refractivity contribution is 0.280. The van der Waals surface area contributed by atoms with Crippen LogP contribution in [-0.2, 0) is 11.8 Å².